The first-order valence-corrected chi connectivity index (χ1v) is 5.98. The summed E-state index contributed by atoms with van der Waals surface area (Å²) in [6, 6.07) is 2.04. The summed E-state index contributed by atoms with van der Waals surface area (Å²) in [6.45, 7) is 8.91. The molecule has 0 saturated carbocycles. The van der Waals surface area contributed by atoms with E-state index >= 15 is 0 Å². The first-order chi connectivity index (χ1) is 8.00. The van der Waals surface area contributed by atoms with Gasteiger partial charge in [-0.2, -0.15) is 0 Å². The van der Waals surface area contributed by atoms with E-state index in [4.69, 9.17) is 9.15 Å². The van der Waals surface area contributed by atoms with Gasteiger partial charge in [0.15, 0.2) is 0 Å². The highest BCUT2D eigenvalue weighted by molar-refractivity contribution is 5.95. The Kier molecular flexibility index (Phi) is 3.24. The van der Waals surface area contributed by atoms with Gasteiger partial charge in [0, 0.05) is 0 Å². The largest absolute Gasteiger partial charge is 0.466 e. The highest BCUT2D eigenvalue weighted by atomic mass is 16.5. The highest BCUT2D eigenvalue weighted by Gasteiger charge is 2.31. The Bertz CT molecular complexity index is 414. The first-order valence-electron chi connectivity index (χ1n) is 5.98. The fourth-order valence-electron chi connectivity index (χ4n) is 2.39. The summed E-state index contributed by atoms with van der Waals surface area (Å²) < 4.78 is 10.8. The van der Waals surface area contributed by atoms with E-state index in [0.29, 0.717) is 24.5 Å². The normalized spacial score (nSPS) is 25.1. The SMILES string of the molecule is Cc1cc(C(=O)N2[C@H](C)COC[C@H]2C)c(C)o1. The van der Waals surface area contributed by atoms with Crippen molar-refractivity contribution in [3.05, 3.63) is 23.2 Å². The first kappa shape index (κ1) is 12.2. The minimum atomic E-state index is 0.0441. The van der Waals surface area contributed by atoms with E-state index in [1.54, 1.807) is 0 Å². The number of morpholine rings is 1. The van der Waals surface area contributed by atoms with Gasteiger partial charge in [0.25, 0.3) is 5.91 Å². The summed E-state index contributed by atoms with van der Waals surface area (Å²) in [5.41, 5.74) is 0.670. The van der Waals surface area contributed by atoms with E-state index in [2.05, 4.69) is 0 Å². The van der Waals surface area contributed by atoms with Gasteiger partial charge in [0.05, 0.1) is 30.9 Å². The third-order valence-electron chi connectivity index (χ3n) is 3.17. The van der Waals surface area contributed by atoms with Gasteiger partial charge in [-0.15, -0.1) is 0 Å². The lowest BCUT2D eigenvalue weighted by Gasteiger charge is -2.38. The molecule has 1 aromatic rings. The molecule has 0 spiro atoms. The van der Waals surface area contributed by atoms with E-state index in [9.17, 15) is 4.79 Å². The van der Waals surface area contributed by atoms with Crippen LogP contribution in [0.4, 0.5) is 0 Å². The number of hydrogen-bond acceptors (Lipinski definition) is 3. The van der Waals surface area contributed by atoms with Crippen LogP contribution in [0, 0.1) is 13.8 Å². The number of ether oxygens (including phenoxy) is 1. The molecule has 0 aromatic carbocycles. The number of nitrogens with zero attached hydrogens (tertiary/aromatic N) is 1. The molecule has 1 aliphatic rings. The summed E-state index contributed by atoms with van der Waals surface area (Å²) in [6.07, 6.45) is 0. The van der Waals surface area contributed by atoms with Crippen molar-refractivity contribution in [2.24, 2.45) is 0 Å². The van der Waals surface area contributed by atoms with Crippen molar-refractivity contribution >= 4 is 5.91 Å². The molecule has 0 unspecified atom stereocenters. The minimum absolute atomic E-state index is 0.0441. The Balaban J connectivity index is 2.27. The van der Waals surface area contributed by atoms with Gasteiger partial charge in [-0.3, -0.25) is 4.79 Å². The van der Waals surface area contributed by atoms with Gasteiger partial charge in [-0.1, -0.05) is 0 Å². The maximum absolute atomic E-state index is 12.5. The molecule has 2 heterocycles. The molecule has 0 aliphatic carbocycles. The molecule has 1 saturated heterocycles. The van der Waals surface area contributed by atoms with Gasteiger partial charge >= 0.3 is 0 Å². The van der Waals surface area contributed by atoms with Gasteiger partial charge in [0.2, 0.25) is 0 Å². The second-order valence-electron chi connectivity index (χ2n) is 4.77. The zero-order valence-corrected chi connectivity index (χ0v) is 10.8. The van der Waals surface area contributed by atoms with Crippen LogP contribution in [0.15, 0.2) is 10.5 Å². The Morgan fingerprint density at radius 3 is 2.35 bits per heavy atom. The lowest BCUT2D eigenvalue weighted by Crippen LogP contribution is -2.52. The molecular formula is C13H19NO3. The van der Waals surface area contributed by atoms with E-state index in [-0.39, 0.29) is 18.0 Å². The van der Waals surface area contributed by atoms with E-state index in [1.807, 2.05) is 38.7 Å². The van der Waals surface area contributed by atoms with E-state index in [1.165, 1.54) is 0 Å². The molecule has 1 aliphatic heterocycles. The van der Waals surface area contributed by atoms with Crippen molar-refractivity contribution in [2.45, 2.75) is 39.8 Å². The van der Waals surface area contributed by atoms with Crippen LogP contribution in [0.25, 0.3) is 0 Å². The van der Waals surface area contributed by atoms with Crippen LogP contribution in [0.5, 0.6) is 0 Å². The molecule has 4 heteroatoms. The molecule has 1 fully saturated rings. The second-order valence-corrected chi connectivity index (χ2v) is 4.77. The summed E-state index contributed by atoms with van der Waals surface area (Å²) in [4.78, 5) is 14.4. The number of rotatable bonds is 1. The monoisotopic (exact) mass is 237 g/mol. The van der Waals surface area contributed by atoms with Crippen LogP contribution in [0.1, 0.15) is 35.7 Å². The molecule has 94 valence electrons. The average molecular weight is 237 g/mol. The zero-order valence-electron chi connectivity index (χ0n) is 10.8. The molecule has 0 bridgehead atoms. The molecule has 0 N–H and O–H groups in total. The maximum Gasteiger partial charge on any atom is 0.258 e. The molecule has 0 radical (unpaired) electrons. The fourth-order valence-corrected chi connectivity index (χ4v) is 2.39. The van der Waals surface area contributed by atoms with Crippen LogP contribution >= 0.6 is 0 Å². The highest BCUT2D eigenvalue weighted by Crippen LogP contribution is 2.21. The van der Waals surface area contributed by atoms with Gasteiger partial charge in [0.1, 0.15) is 11.5 Å². The molecule has 4 nitrogen and oxygen atoms in total. The number of furan rings is 1. The quantitative estimate of drug-likeness (QED) is 0.751. The van der Waals surface area contributed by atoms with Crippen molar-refractivity contribution in [1.29, 1.82) is 0 Å². The molecular weight excluding hydrogens is 218 g/mol. The molecule has 1 amide bonds. The zero-order chi connectivity index (χ0) is 12.6. The summed E-state index contributed by atoms with van der Waals surface area (Å²) >= 11 is 0. The molecule has 17 heavy (non-hydrogen) atoms. The second kappa shape index (κ2) is 4.53. The van der Waals surface area contributed by atoms with Crippen LogP contribution in [-0.4, -0.2) is 36.1 Å². The third-order valence-corrected chi connectivity index (χ3v) is 3.17. The van der Waals surface area contributed by atoms with Crippen molar-refractivity contribution in [3.8, 4) is 0 Å². The maximum atomic E-state index is 12.5. The Labute approximate surface area is 102 Å². The van der Waals surface area contributed by atoms with E-state index < -0.39 is 0 Å². The lowest BCUT2D eigenvalue weighted by atomic mass is 10.1. The Morgan fingerprint density at radius 1 is 1.29 bits per heavy atom. The van der Waals surface area contributed by atoms with Gasteiger partial charge < -0.3 is 14.1 Å². The van der Waals surface area contributed by atoms with Crippen LogP contribution in [0.2, 0.25) is 0 Å². The lowest BCUT2D eigenvalue weighted by molar-refractivity contribution is -0.0250. The predicted molar refractivity (Wildman–Crippen MR) is 64.1 cm³/mol. The summed E-state index contributed by atoms with van der Waals surface area (Å²) in [5, 5.41) is 0. The predicted octanol–water partition coefficient (Wildman–Crippen LogP) is 2.15. The number of aryl methyl sites for hydroxylation is 2. The van der Waals surface area contributed by atoms with E-state index in [0.717, 1.165) is 5.76 Å². The van der Waals surface area contributed by atoms with Crippen LogP contribution in [-0.2, 0) is 4.74 Å². The Morgan fingerprint density at radius 2 is 1.88 bits per heavy atom. The molecule has 2 rings (SSSR count). The average Bonchev–Trinajstić information content (AvgIpc) is 2.57. The molecule has 1 aromatic heterocycles. The van der Waals surface area contributed by atoms with Crippen molar-refractivity contribution in [1.82, 2.24) is 4.90 Å². The van der Waals surface area contributed by atoms with Crippen LogP contribution in [0.3, 0.4) is 0 Å². The van der Waals surface area contributed by atoms with Gasteiger partial charge in [-0.25, -0.2) is 0 Å². The smallest absolute Gasteiger partial charge is 0.258 e. The van der Waals surface area contributed by atoms with Crippen LogP contribution < -0.4 is 0 Å². The number of amides is 1. The summed E-state index contributed by atoms with van der Waals surface area (Å²) in [5.74, 6) is 1.51. The number of carbonyl (C=O) groups excluding carboxylic acids is 1. The van der Waals surface area contributed by atoms with Crippen molar-refractivity contribution in [2.75, 3.05) is 13.2 Å². The van der Waals surface area contributed by atoms with Gasteiger partial charge in [-0.05, 0) is 33.8 Å². The molecule has 2 atom stereocenters. The standard InChI is InChI=1S/C13H19NO3/c1-8-6-16-7-9(2)14(8)13(15)12-5-10(3)17-11(12)4/h5,8-9H,6-7H2,1-4H3/t8-,9-/m1/s1. The summed E-state index contributed by atoms with van der Waals surface area (Å²) in [7, 11) is 0. The Hall–Kier alpha value is -1.29. The number of carbonyl (C=O) groups is 1. The van der Waals surface area contributed by atoms with Crippen molar-refractivity contribution < 1.29 is 13.9 Å². The van der Waals surface area contributed by atoms with Crippen molar-refractivity contribution in [3.63, 3.8) is 0 Å². The number of hydrogen-bond donors (Lipinski definition) is 0. The minimum Gasteiger partial charge on any atom is -0.466 e. The third kappa shape index (κ3) is 2.22. The fraction of sp³-hybridized carbons (Fsp3) is 0.615. The topological polar surface area (TPSA) is 42.7 Å².